The lowest BCUT2D eigenvalue weighted by Gasteiger charge is -2.23. The number of rotatable bonds is 3. The number of hydrogen-bond donors (Lipinski definition) is 1. The van der Waals surface area contributed by atoms with Crippen molar-refractivity contribution in [2.45, 2.75) is 33.1 Å². The number of nitrogens with one attached hydrogen (secondary N) is 1. The highest BCUT2D eigenvalue weighted by molar-refractivity contribution is 5.80. The van der Waals surface area contributed by atoms with E-state index in [1.807, 2.05) is 18.2 Å². The SMILES string of the molecule is CC(=O)CNc1ccccc1C(C)(C)C. The Labute approximate surface area is 91.7 Å². The van der Waals surface area contributed by atoms with Gasteiger partial charge in [0.1, 0.15) is 5.78 Å². The van der Waals surface area contributed by atoms with Crippen molar-refractivity contribution in [3.63, 3.8) is 0 Å². The second-order valence-corrected chi connectivity index (χ2v) is 4.85. The Morgan fingerprint density at radius 2 is 1.87 bits per heavy atom. The van der Waals surface area contributed by atoms with Crippen LogP contribution in [0.25, 0.3) is 0 Å². The molecule has 82 valence electrons. The number of para-hydroxylation sites is 1. The predicted octanol–water partition coefficient (Wildman–Crippen LogP) is 2.99. The fourth-order valence-electron chi connectivity index (χ4n) is 1.51. The van der Waals surface area contributed by atoms with Crippen molar-refractivity contribution in [3.8, 4) is 0 Å². The summed E-state index contributed by atoms with van der Waals surface area (Å²) in [5.74, 6) is 0.152. The van der Waals surface area contributed by atoms with Gasteiger partial charge in [-0.05, 0) is 24.0 Å². The van der Waals surface area contributed by atoms with E-state index in [9.17, 15) is 4.79 Å². The van der Waals surface area contributed by atoms with E-state index in [0.29, 0.717) is 6.54 Å². The molecule has 1 aromatic carbocycles. The molecule has 2 heteroatoms. The summed E-state index contributed by atoms with van der Waals surface area (Å²) in [4.78, 5) is 10.9. The van der Waals surface area contributed by atoms with Gasteiger partial charge in [0.2, 0.25) is 0 Å². The van der Waals surface area contributed by atoms with Gasteiger partial charge in [-0.1, -0.05) is 39.0 Å². The smallest absolute Gasteiger partial charge is 0.148 e. The standard InChI is InChI=1S/C13H19NO/c1-10(15)9-14-12-8-6-5-7-11(12)13(2,3)4/h5-8,14H,9H2,1-4H3. The highest BCUT2D eigenvalue weighted by Gasteiger charge is 2.17. The van der Waals surface area contributed by atoms with Gasteiger partial charge in [0.25, 0.3) is 0 Å². The predicted molar refractivity (Wildman–Crippen MR) is 64.3 cm³/mol. The van der Waals surface area contributed by atoms with Crippen molar-refractivity contribution < 1.29 is 4.79 Å². The van der Waals surface area contributed by atoms with Gasteiger partial charge in [-0.25, -0.2) is 0 Å². The minimum absolute atomic E-state index is 0.0976. The van der Waals surface area contributed by atoms with Crippen LogP contribution in [0.4, 0.5) is 5.69 Å². The molecule has 0 aliphatic carbocycles. The Morgan fingerprint density at radius 1 is 1.27 bits per heavy atom. The van der Waals surface area contributed by atoms with Crippen molar-refractivity contribution in [3.05, 3.63) is 29.8 Å². The van der Waals surface area contributed by atoms with Gasteiger partial charge in [0, 0.05) is 5.69 Å². The summed E-state index contributed by atoms with van der Waals surface area (Å²) >= 11 is 0. The van der Waals surface area contributed by atoms with Crippen LogP contribution in [0, 0.1) is 0 Å². The van der Waals surface area contributed by atoms with Crippen molar-refractivity contribution in [2.75, 3.05) is 11.9 Å². The van der Waals surface area contributed by atoms with Gasteiger partial charge >= 0.3 is 0 Å². The molecule has 15 heavy (non-hydrogen) atoms. The second-order valence-electron chi connectivity index (χ2n) is 4.85. The van der Waals surface area contributed by atoms with E-state index in [2.05, 4.69) is 32.2 Å². The molecule has 0 saturated heterocycles. The topological polar surface area (TPSA) is 29.1 Å². The Hall–Kier alpha value is -1.31. The largest absolute Gasteiger partial charge is 0.378 e. The Morgan fingerprint density at radius 3 is 2.40 bits per heavy atom. The summed E-state index contributed by atoms with van der Waals surface area (Å²) in [7, 11) is 0. The minimum Gasteiger partial charge on any atom is -0.378 e. The first-order valence-corrected chi connectivity index (χ1v) is 5.24. The van der Waals surface area contributed by atoms with Gasteiger partial charge in [0.15, 0.2) is 0 Å². The number of ketones is 1. The minimum atomic E-state index is 0.0976. The first kappa shape index (κ1) is 11.8. The molecule has 0 aliphatic heterocycles. The summed E-state index contributed by atoms with van der Waals surface area (Å²) in [6, 6.07) is 8.13. The lowest BCUT2D eigenvalue weighted by molar-refractivity contribution is -0.115. The molecule has 1 rings (SSSR count). The number of anilines is 1. The summed E-state index contributed by atoms with van der Waals surface area (Å²) < 4.78 is 0. The lowest BCUT2D eigenvalue weighted by Crippen LogP contribution is -2.17. The zero-order valence-corrected chi connectivity index (χ0v) is 9.92. The highest BCUT2D eigenvalue weighted by Crippen LogP contribution is 2.28. The van der Waals surface area contributed by atoms with E-state index in [4.69, 9.17) is 0 Å². The molecular weight excluding hydrogens is 186 g/mol. The van der Waals surface area contributed by atoms with Crippen molar-refractivity contribution in [1.82, 2.24) is 0 Å². The molecule has 0 aromatic heterocycles. The molecule has 0 atom stereocenters. The van der Waals surface area contributed by atoms with Crippen LogP contribution in [0.15, 0.2) is 24.3 Å². The van der Waals surface area contributed by atoms with E-state index in [-0.39, 0.29) is 11.2 Å². The molecule has 0 heterocycles. The molecule has 0 fully saturated rings. The lowest BCUT2D eigenvalue weighted by atomic mass is 9.86. The maximum absolute atomic E-state index is 10.9. The fourth-order valence-corrected chi connectivity index (χ4v) is 1.51. The molecule has 0 bridgehead atoms. The van der Waals surface area contributed by atoms with Crippen LogP contribution in [0.2, 0.25) is 0 Å². The molecule has 1 aromatic rings. The number of carbonyl (C=O) groups excluding carboxylic acids is 1. The Bertz CT molecular complexity index is 350. The Balaban J connectivity index is 2.92. The molecular formula is C13H19NO. The molecule has 0 radical (unpaired) electrons. The van der Waals surface area contributed by atoms with Crippen molar-refractivity contribution in [2.24, 2.45) is 0 Å². The van der Waals surface area contributed by atoms with E-state index >= 15 is 0 Å². The van der Waals surface area contributed by atoms with Crippen molar-refractivity contribution >= 4 is 11.5 Å². The molecule has 0 amide bonds. The number of Topliss-reactive ketones (excluding diaryl/α,β-unsaturated/α-hetero) is 1. The van der Waals surface area contributed by atoms with Gasteiger partial charge < -0.3 is 5.32 Å². The van der Waals surface area contributed by atoms with Crippen LogP contribution in [0.3, 0.4) is 0 Å². The highest BCUT2D eigenvalue weighted by atomic mass is 16.1. The van der Waals surface area contributed by atoms with E-state index in [1.165, 1.54) is 5.56 Å². The van der Waals surface area contributed by atoms with Crippen LogP contribution < -0.4 is 5.32 Å². The zero-order valence-electron chi connectivity index (χ0n) is 9.92. The second kappa shape index (κ2) is 4.47. The van der Waals surface area contributed by atoms with Crippen LogP contribution in [0.5, 0.6) is 0 Å². The number of benzene rings is 1. The van der Waals surface area contributed by atoms with Crippen LogP contribution >= 0.6 is 0 Å². The molecule has 0 unspecified atom stereocenters. The Kier molecular flexibility index (Phi) is 3.51. The number of hydrogen-bond acceptors (Lipinski definition) is 2. The monoisotopic (exact) mass is 205 g/mol. The van der Waals surface area contributed by atoms with Crippen LogP contribution in [0.1, 0.15) is 33.3 Å². The average Bonchev–Trinajstić information content (AvgIpc) is 2.13. The molecule has 0 saturated carbocycles. The van der Waals surface area contributed by atoms with Crippen molar-refractivity contribution in [1.29, 1.82) is 0 Å². The first-order chi connectivity index (χ1) is 6.91. The molecule has 2 nitrogen and oxygen atoms in total. The van der Waals surface area contributed by atoms with E-state index in [1.54, 1.807) is 6.92 Å². The van der Waals surface area contributed by atoms with E-state index < -0.39 is 0 Å². The van der Waals surface area contributed by atoms with Gasteiger partial charge in [-0.2, -0.15) is 0 Å². The van der Waals surface area contributed by atoms with Gasteiger partial charge in [0.05, 0.1) is 6.54 Å². The quantitative estimate of drug-likeness (QED) is 0.822. The zero-order chi connectivity index (χ0) is 11.5. The summed E-state index contributed by atoms with van der Waals surface area (Å²) in [6.07, 6.45) is 0. The van der Waals surface area contributed by atoms with Gasteiger partial charge in [-0.3, -0.25) is 4.79 Å². The van der Waals surface area contributed by atoms with Crippen LogP contribution in [-0.4, -0.2) is 12.3 Å². The molecule has 0 aliphatic rings. The first-order valence-electron chi connectivity index (χ1n) is 5.24. The molecule has 0 spiro atoms. The maximum atomic E-state index is 10.9. The third-order valence-corrected chi connectivity index (χ3v) is 2.26. The summed E-state index contributed by atoms with van der Waals surface area (Å²) in [5, 5.41) is 3.17. The summed E-state index contributed by atoms with van der Waals surface area (Å²) in [5.41, 5.74) is 2.40. The van der Waals surface area contributed by atoms with E-state index in [0.717, 1.165) is 5.69 Å². The average molecular weight is 205 g/mol. The van der Waals surface area contributed by atoms with Gasteiger partial charge in [-0.15, -0.1) is 0 Å². The number of carbonyl (C=O) groups is 1. The van der Waals surface area contributed by atoms with Crippen LogP contribution in [-0.2, 0) is 10.2 Å². The third kappa shape index (κ3) is 3.39. The fraction of sp³-hybridized carbons (Fsp3) is 0.462. The summed E-state index contributed by atoms with van der Waals surface area (Å²) in [6.45, 7) is 8.49. The molecule has 1 N–H and O–H groups in total. The normalized spacial score (nSPS) is 11.2. The maximum Gasteiger partial charge on any atom is 0.148 e. The third-order valence-electron chi connectivity index (χ3n) is 2.26.